The molecule has 1 aliphatic heterocycles. The molecule has 2 aliphatic carbocycles. The topological polar surface area (TPSA) is 64.5 Å². The van der Waals surface area contributed by atoms with Crippen LogP contribution in [0.4, 0.5) is 13.2 Å². The molecule has 3 heterocycles. The zero-order valence-electron chi connectivity index (χ0n) is 25.9. The Balaban J connectivity index is 1.49. The van der Waals surface area contributed by atoms with Gasteiger partial charge in [-0.2, -0.15) is 13.2 Å². The van der Waals surface area contributed by atoms with Crippen molar-refractivity contribution >= 4 is 13.9 Å². The highest BCUT2D eigenvalue weighted by Gasteiger charge is 2.53. The molecule has 5 rings (SSSR count). The minimum absolute atomic E-state index is 0.0355. The highest BCUT2D eigenvalue weighted by molar-refractivity contribution is 6.74. The summed E-state index contributed by atoms with van der Waals surface area (Å²) in [6.45, 7) is 17.0. The number of halogens is 3. The van der Waals surface area contributed by atoms with E-state index in [0.29, 0.717) is 18.9 Å². The van der Waals surface area contributed by atoms with Crippen molar-refractivity contribution in [3.05, 3.63) is 64.2 Å². The van der Waals surface area contributed by atoms with Gasteiger partial charge in [-0.05, 0) is 96.8 Å². The number of pyridine rings is 2. The number of aliphatic hydroxyl groups excluding tert-OH is 1. The lowest BCUT2D eigenvalue weighted by Gasteiger charge is -2.55. The lowest BCUT2D eigenvalue weighted by molar-refractivity contribution is -0.137. The zero-order valence-corrected chi connectivity index (χ0v) is 26.9. The lowest BCUT2D eigenvalue weighted by Crippen LogP contribution is -2.49. The summed E-state index contributed by atoms with van der Waals surface area (Å²) in [6.07, 6.45) is 1.58. The molecule has 1 N–H and O–H groups in total. The standard InChI is InChI=1S/C33H45F3N2O3Si/c1-20(2)26-14-24(21-10-12-40-13-11-21)29-27(38-26)17-32(18-28(29)41-42(6,7)31(3,4)5)15-22(16-32)30(39)25-9-8-23(19-37-25)33(34,35)36/h8-10,14,19-20,22,28,30,39H,11-13,15-18H2,1-7H3/t22?,28-,30?,32?/m0/s1. The van der Waals surface area contributed by atoms with E-state index in [1.54, 1.807) is 0 Å². The number of aliphatic hydroxyl groups is 1. The molecule has 0 bridgehead atoms. The molecular weight excluding hydrogens is 557 g/mol. The first-order chi connectivity index (χ1) is 19.5. The second-order valence-corrected chi connectivity index (χ2v) is 19.3. The molecule has 0 amide bonds. The van der Waals surface area contributed by atoms with Gasteiger partial charge in [0.1, 0.15) is 0 Å². The normalized spacial score (nSPS) is 25.7. The molecule has 0 aromatic carbocycles. The monoisotopic (exact) mass is 602 g/mol. The molecule has 42 heavy (non-hydrogen) atoms. The van der Waals surface area contributed by atoms with Gasteiger partial charge in [0.15, 0.2) is 8.32 Å². The van der Waals surface area contributed by atoms with Gasteiger partial charge in [-0.1, -0.05) is 40.7 Å². The first-order valence-electron chi connectivity index (χ1n) is 15.2. The molecule has 5 nitrogen and oxygen atoms in total. The van der Waals surface area contributed by atoms with Crippen LogP contribution in [-0.2, 0) is 21.8 Å². The fourth-order valence-electron chi connectivity index (χ4n) is 6.59. The van der Waals surface area contributed by atoms with Gasteiger partial charge >= 0.3 is 6.18 Å². The number of alkyl halides is 3. The predicted molar refractivity (Wildman–Crippen MR) is 160 cm³/mol. The van der Waals surface area contributed by atoms with Crippen LogP contribution in [0.3, 0.4) is 0 Å². The van der Waals surface area contributed by atoms with Gasteiger partial charge in [-0.15, -0.1) is 0 Å². The van der Waals surface area contributed by atoms with Crippen molar-refractivity contribution < 1.29 is 27.4 Å². The summed E-state index contributed by atoms with van der Waals surface area (Å²) in [7, 11) is -2.16. The molecule has 2 atom stereocenters. The van der Waals surface area contributed by atoms with Crippen molar-refractivity contribution in [3.8, 4) is 0 Å². The summed E-state index contributed by atoms with van der Waals surface area (Å²) < 4.78 is 52.0. The number of aromatic nitrogens is 2. The molecule has 3 aliphatic rings. The second kappa shape index (κ2) is 11.1. The van der Waals surface area contributed by atoms with Gasteiger partial charge in [0, 0.05) is 23.1 Å². The van der Waals surface area contributed by atoms with Crippen LogP contribution in [0, 0.1) is 11.3 Å². The minimum Gasteiger partial charge on any atom is -0.410 e. The fourth-order valence-corrected chi connectivity index (χ4v) is 7.85. The Bertz CT molecular complexity index is 1330. The Morgan fingerprint density at radius 1 is 1.10 bits per heavy atom. The Kier molecular flexibility index (Phi) is 8.31. The van der Waals surface area contributed by atoms with E-state index < -0.39 is 26.2 Å². The quantitative estimate of drug-likeness (QED) is 0.336. The predicted octanol–water partition coefficient (Wildman–Crippen LogP) is 8.56. The molecule has 9 heteroatoms. The SMILES string of the molecule is CC(C)c1cc(C2=CCOCC2)c2c(n1)CC1(CC(C(O)c3ccc(C(F)(F)F)cn3)C1)C[C@@H]2O[Si](C)(C)C(C)(C)C. The van der Waals surface area contributed by atoms with Crippen molar-refractivity contribution in [2.24, 2.45) is 11.3 Å². The van der Waals surface area contributed by atoms with Crippen LogP contribution >= 0.6 is 0 Å². The van der Waals surface area contributed by atoms with E-state index in [1.165, 1.54) is 22.8 Å². The van der Waals surface area contributed by atoms with Gasteiger partial charge in [0.25, 0.3) is 0 Å². The van der Waals surface area contributed by atoms with Crippen LogP contribution in [0.15, 0.2) is 30.5 Å². The van der Waals surface area contributed by atoms with E-state index in [0.717, 1.165) is 55.8 Å². The Labute approximate surface area is 249 Å². The molecule has 0 radical (unpaired) electrons. The Hall–Kier alpha value is -2.07. The zero-order chi connectivity index (χ0) is 30.7. The second-order valence-electron chi connectivity index (χ2n) is 14.5. The molecular formula is C33H45F3N2O3Si. The summed E-state index contributed by atoms with van der Waals surface area (Å²) in [5.74, 6) is 0.198. The van der Waals surface area contributed by atoms with Crippen LogP contribution in [0.1, 0.15) is 112 Å². The number of nitrogens with zero attached hydrogens (tertiary/aromatic N) is 2. The maximum Gasteiger partial charge on any atom is 0.417 e. The first kappa shape index (κ1) is 31.4. The summed E-state index contributed by atoms with van der Waals surface area (Å²) >= 11 is 0. The number of rotatable bonds is 6. The van der Waals surface area contributed by atoms with E-state index >= 15 is 0 Å². The van der Waals surface area contributed by atoms with Gasteiger partial charge in [0.05, 0.1) is 36.7 Å². The van der Waals surface area contributed by atoms with E-state index in [-0.39, 0.29) is 28.4 Å². The van der Waals surface area contributed by atoms with Crippen molar-refractivity contribution in [1.82, 2.24) is 9.97 Å². The van der Waals surface area contributed by atoms with Crippen molar-refractivity contribution in [2.75, 3.05) is 13.2 Å². The largest absolute Gasteiger partial charge is 0.417 e. The molecule has 1 saturated carbocycles. The fraction of sp³-hybridized carbons (Fsp3) is 0.636. The number of hydrogen-bond donors (Lipinski definition) is 1. The van der Waals surface area contributed by atoms with E-state index in [9.17, 15) is 18.3 Å². The first-order valence-corrected chi connectivity index (χ1v) is 18.1. The summed E-state index contributed by atoms with van der Waals surface area (Å²) in [6, 6.07) is 4.58. The van der Waals surface area contributed by atoms with Crippen molar-refractivity contribution in [3.63, 3.8) is 0 Å². The minimum atomic E-state index is -4.45. The van der Waals surface area contributed by atoms with Crippen LogP contribution in [-0.4, -0.2) is 36.6 Å². The molecule has 0 saturated heterocycles. The van der Waals surface area contributed by atoms with Crippen molar-refractivity contribution in [2.45, 2.75) is 109 Å². The number of hydrogen-bond acceptors (Lipinski definition) is 5. The summed E-state index contributed by atoms with van der Waals surface area (Å²) in [4.78, 5) is 9.23. The third-order valence-corrected chi connectivity index (χ3v) is 14.5. The molecule has 2 aromatic rings. The van der Waals surface area contributed by atoms with E-state index in [1.807, 2.05) is 0 Å². The lowest BCUT2D eigenvalue weighted by atomic mass is 9.53. The number of ether oxygens (including phenoxy) is 1. The van der Waals surface area contributed by atoms with Crippen LogP contribution in [0.25, 0.3) is 5.57 Å². The molecule has 2 aromatic heterocycles. The molecule has 1 spiro atoms. The van der Waals surface area contributed by atoms with E-state index in [4.69, 9.17) is 14.1 Å². The highest BCUT2D eigenvalue weighted by atomic mass is 28.4. The van der Waals surface area contributed by atoms with Crippen molar-refractivity contribution in [1.29, 1.82) is 0 Å². The third-order valence-electron chi connectivity index (χ3n) is 10.0. The smallest absolute Gasteiger partial charge is 0.410 e. The average Bonchev–Trinajstić information content (AvgIpc) is 2.89. The van der Waals surface area contributed by atoms with E-state index in [2.05, 4.69) is 64.8 Å². The maximum absolute atomic E-state index is 13.0. The number of fused-ring (bicyclic) bond motifs is 1. The molecule has 1 unspecified atom stereocenters. The van der Waals surface area contributed by atoms with Crippen LogP contribution < -0.4 is 0 Å². The van der Waals surface area contributed by atoms with Gasteiger partial charge < -0.3 is 14.3 Å². The highest BCUT2D eigenvalue weighted by Crippen LogP contribution is 2.61. The van der Waals surface area contributed by atoms with Crippen LogP contribution in [0.2, 0.25) is 18.1 Å². The molecule has 1 fully saturated rings. The molecule has 230 valence electrons. The summed E-state index contributed by atoms with van der Waals surface area (Å²) in [5, 5.41) is 11.2. The van der Waals surface area contributed by atoms with Crippen LogP contribution in [0.5, 0.6) is 0 Å². The average molecular weight is 603 g/mol. The Morgan fingerprint density at radius 3 is 2.36 bits per heavy atom. The maximum atomic E-state index is 13.0. The Morgan fingerprint density at radius 2 is 1.81 bits per heavy atom. The van der Waals surface area contributed by atoms with Gasteiger partial charge in [0.2, 0.25) is 0 Å². The summed E-state index contributed by atoms with van der Waals surface area (Å²) in [5.41, 5.74) is 5.34. The van der Waals surface area contributed by atoms with Gasteiger partial charge in [-0.3, -0.25) is 9.97 Å². The van der Waals surface area contributed by atoms with Gasteiger partial charge in [-0.25, -0.2) is 0 Å². The third kappa shape index (κ3) is 6.12.